The molecule has 6 nitrogen and oxygen atoms in total. The lowest BCUT2D eigenvalue weighted by Crippen LogP contribution is -2.31. The van der Waals surface area contributed by atoms with Crippen molar-refractivity contribution in [3.05, 3.63) is 51.6 Å². The number of aromatic nitrogens is 2. The molecule has 0 aliphatic carbocycles. The van der Waals surface area contributed by atoms with Crippen LogP contribution in [0.25, 0.3) is 0 Å². The van der Waals surface area contributed by atoms with E-state index in [-0.39, 0.29) is 29.9 Å². The summed E-state index contributed by atoms with van der Waals surface area (Å²) in [5.41, 5.74) is 6.08. The van der Waals surface area contributed by atoms with E-state index in [1.807, 2.05) is 0 Å². The standard InChI is InChI=1S/C13H11FN4O2/c14-7-3-1-6(2-4-7)8-5-9(19)16-11-10(8)12(20)18-13(15)17-11/h1-4,8H,5H2,(H4,15,16,17,18,19,20)/t8-/m1/s1. The molecule has 0 fully saturated rings. The van der Waals surface area contributed by atoms with Gasteiger partial charge in [0.1, 0.15) is 11.6 Å². The smallest absolute Gasteiger partial charge is 0.258 e. The number of halogens is 1. The van der Waals surface area contributed by atoms with Crippen molar-refractivity contribution in [1.82, 2.24) is 9.97 Å². The first kappa shape index (κ1) is 12.3. The van der Waals surface area contributed by atoms with Crippen molar-refractivity contribution in [1.29, 1.82) is 0 Å². The summed E-state index contributed by atoms with van der Waals surface area (Å²) in [5, 5.41) is 2.53. The van der Waals surface area contributed by atoms with Crippen molar-refractivity contribution in [2.45, 2.75) is 12.3 Å². The average molecular weight is 274 g/mol. The van der Waals surface area contributed by atoms with E-state index < -0.39 is 11.5 Å². The summed E-state index contributed by atoms with van der Waals surface area (Å²) in [7, 11) is 0. The number of carbonyl (C=O) groups is 1. The Labute approximate surface area is 112 Å². The van der Waals surface area contributed by atoms with Crippen LogP contribution >= 0.6 is 0 Å². The highest BCUT2D eigenvalue weighted by Gasteiger charge is 2.30. The third kappa shape index (κ3) is 2.03. The molecule has 2 aromatic rings. The van der Waals surface area contributed by atoms with Gasteiger partial charge in [0.15, 0.2) is 0 Å². The van der Waals surface area contributed by atoms with Crippen molar-refractivity contribution in [2.24, 2.45) is 0 Å². The summed E-state index contributed by atoms with van der Waals surface area (Å²) < 4.78 is 13.0. The maximum atomic E-state index is 13.0. The van der Waals surface area contributed by atoms with Crippen molar-refractivity contribution in [3.8, 4) is 0 Å². The van der Waals surface area contributed by atoms with Gasteiger partial charge in [-0.2, -0.15) is 4.98 Å². The normalized spacial score (nSPS) is 17.4. The van der Waals surface area contributed by atoms with Crippen LogP contribution < -0.4 is 16.6 Å². The Morgan fingerprint density at radius 3 is 2.65 bits per heavy atom. The van der Waals surface area contributed by atoms with Gasteiger partial charge in [0.25, 0.3) is 5.56 Å². The molecule has 0 spiro atoms. The van der Waals surface area contributed by atoms with Gasteiger partial charge in [-0.3, -0.25) is 14.6 Å². The lowest BCUT2D eigenvalue weighted by Gasteiger charge is -2.24. The van der Waals surface area contributed by atoms with Crippen molar-refractivity contribution in [2.75, 3.05) is 11.1 Å². The Morgan fingerprint density at radius 2 is 1.95 bits per heavy atom. The average Bonchev–Trinajstić information content (AvgIpc) is 2.37. The number of nitrogens with zero attached hydrogens (tertiary/aromatic N) is 1. The summed E-state index contributed by atoms with van der Waals surface area (Å²) in [5.74, 6) is -0.996. The van der Waals surface area contributed by atoms with Gasteiger partial charge >= 0.3 is 0 Å². The number of H-pyrrole nitrogens is 1. The molecular formula is C13H11FN4O2. The molecule has 1 aliphatic heterocycles. The number of fused-ring (bicyclic) bond motifs is 1. The van der Waals surface area contributed by atoms with E-state index in [1.54, 1.807) is 12.1 Å². The predicted octanol–water partition coefficient (Wildman–Crippen LogP) is 0.965. The quantitative estimate of drug-likeness (QED) is 0.721. The number of hydrogen-bond acceptors (Lipinski definition) is 4. The number of nitrogen functional groups attached to an aromatic ring is 1. The van der Waals surface area contributed by atoms with E-state index in [9.17, 15) is 14.0 Å². The second-order valence-electron chi connectivity index (χ2n) is 4.57. The number of nitrogens with two attached hydrogens (primary N) is 1. The Morgan fingerprint density at radius 1 is 1.25 bits per heavy atom. The first-order valence-electron chi connectivity index (χ1n) is 5.99. The number of rotatable bonds is 1. The number of hydrogen-bond donors (Lipinski definition) is 3. The predicted molar refractivity (Wildman–Crippen MR) is 70.8 cm³/mol. The Kier molecular flexibility index (Phi) is 2.74. The lowest BCUT2D eigenvalue weighted by atomic mass is 9.87. The van der Waals surface area contributed by atoms with Gasteiger partial charge in [0.05, 0.1) is 5.56 Å². The second kappa shape index (κ2) is 4.44. The molecule has 0 saturated heterocycles. The van der Waals surface area contributed by atoms with E-state index in [2.05, 4.69) is 15.3 Å². The first-order chi connectivity index (χ1) is 9.54. The minimum atomic E-state index is -0.462. The Hall–Kier alpha value is -2.70. The molecule has 102 valence electrons. The summed E-state index contributed by atoms with van der Waals surface area (Å²) >= 11 is 0. The fourth-order valence-corrected chi connectivity index (χ4v) is 2.37. The van der Waals surface area contributed by atoms with Gasteiger partial charge in [-0.25, -0.2) is 4.39 Å². The lowest BCUT2D eigenvalue weighted by molar-refractivity contribution is -0.116. The number of amides is 1. The van der Waals surface area contributed by atoms with Crippen molar-refractivity contribution >= 4 is 17.7 Å². The van der Waals surface area contributed by atoms with E-state index in [0.29, 0.717) is 11.1 Å². The molecule has 2 heterocycles. The molecule has 1 aromatic heterocycles. The largest absolute Gasteiger partial charge is 0.369 e. The fourth-order valence-electron chi connectivity index (χ4n) is 2.37. The summed E-state index contributed by atoms with van der Waals surface area (Å²) in [4.78, 5) is 30.1. The SMILES string of the molecule is Nc1nc2c(c(=O)[nH]1)[C@@H](c1ccc(F)cc1)CC(=O)N2. The van der Waals surface area contributed by atoms with Gasteiger partial charge in [-0.05, 0) is 17.7 Å². The Bertz CT molecular complexity index is 739. The van der Waals surface area contributed by atoms with Crippen LogP contribution in [-0.4, -0.2) is 15.9 Å². The van der Waals surface area contributed by atoms with Crippen LogP contribution in [0.3, 0.4) is 0 Å². The molecule has 0 bridgehead atoms. The van der Waals surface area contributed by atoms with Crippen LogP contribution in [0.2, 0.25) is 0 Å². The molecule has 1 aliphatic rings. The molecule has 1 amide bonds. The molecule has 4 N–H and O–H groups in total. The zero-order chi connectivity index (χ0) is 14.3. The highest BCUT2D eigenvalue weighted by atomic mass is 19.1. The first-order valence-corrected chi connectivity index (χ1v) is 5.99. The Balaban J connectivity index is 2.17. The molecule has 0 radical (unpaired) electrons. The summed E-state index contributed by atoms with van der Waals surface area (Å²) in [6.45, 7) is 0. The molecule has 0 unspecified atom stereocenters. The summed E-state index contributed by atoms with van der Waals surface area (Å²) in [6.07, 6.45) is 0.104. The third-order valence-corrected chi connectivity index (χ3v) is 3.24. The maximum Gasteiger partial charge on any atom is 0.258 e. The van der Waals surface area contributed by atoms with E-state index in [4.69, 9.17) is 5.73 Å². The zero-order valence-electron chi connectivity index (χ0n) is 10.3. The van der Waals surface area contributed by atoms with Crippen LogP contribution in [0.15, 0.2) is 29.1 Å². The van der Waals surface area contributed by atoms with Gasteiger partial charge in [0, 0.05) is 12.3 Å². The molecule has 3 rings (SSSR count). The molecule has 1 atom stereocenters. The molecule has 20 heavy (non-hydrogen) atoms. The molecular weight excluding hydrogens is 263 g/mol. The highest BCUT2D eigenvalue weighted by Crippen LogP contribution is 2.33. The third-order valence-electron chi connectivity index (χ3n) is 3.24. The molecule has 7 heteroatoms. The van der Waals surface area contributed by atoms with Crippen LogP contribution in [-0.2, 0) is 4.79 Å². The van der Waals surface area contributed by atoms with Crippen LogP contribution in [0.1, 0.15) is 23.5 Å². The zero-order valence-corrected chi connectivity index (χ0v) is 10.3. The van der Waals surface area contributed by atoms with E-state index >= 15 is 0 Å². The van der Waals surface area contributed by atoms with Crippen molar-refractivity contribution in [3.63, 3.8) is 0 Å². The van der Waals surface area contributed by atoms with Gasteiger partial charge < -0.3 is 11.1 Å². The molecule has 0 saturated carbocycles. The number of nitrogens with one attached hydrogen (secondary N) is 2. The summed E-state index contributed by atoms with van der Waals surface area (Å²) in [6, 6.07) is 5.69. The minimum absolute atomic E-state index is 0.0613. The monoisotopic (exact) mass is 274 g/mol. The second-order valence-corrected chi connectivity index (χ2v) is 4.57. The number of anilines is 2. The number of carbonyl (C=O) groups excluding carboxylic acids is 1. The highest BCUT2D eigenvalue weighted by molar-refractivity contribution is 5.94. The number of benzene rings is 1. The van der Waals surface area contributed by atoms with E-state index in [0.717, 1.165) is 0 Å². The van der Waals surface area contributed by atoms with Crippen LogP contribution in [0, 0.1) is 5.82 Å². The van der Waals surface area contributed by atoms with Crippen molar-refractivity contribution < 1.29 is 9.18 Å². The van der Waals surface area contributed by atoms with Gasteiger partial charge in [-0.1, -0.05) is 12.1 Å². The number of aromatic amines is 1. The van der Waals surface area contributed by atoms with E-state index in [1.165, 1.54) is 12.1 Å². The minimum Gasteiger partial charge on any atom is -0.369 e. The molecule has 1 aromatic carbocycles. The topological polar surface area (TPSA) is 101 Å². The van der Waals surface area contributed by atoms with Gasteiger partial charge in [-0.15, -0.1) is 0 Å². The van der Waals surface area contributed by atoms with Gasteiger partial charge in [0.2, 0.25) is 11.9 Å². The fraction of sp³-hybridized carbons (Fsp3) is 0.154. The van der Waals surface area contributed by atoms with Crippen LogP contribution in [0.4, 0.5) is 16.2 Å². The van der Waals surface area contributed by atoms with Crippen LogP contribution in [0.5, 0.6) is 0 Å². The maximum absolute atomic E-state index is 13.0.